The van der Waals surface area contributed by atoms with Crippen LogP contribution in [0.4, 0.5) is 18.9 Å². The lowest BCUT2D eigenvalue weighted by Crippen LogP contribution is -2.29. The highest BCUT2D eigenvalue weighted by molar-refractivity contribution is 6.31. The van der Waals surface area contributed by atoms with Gasteiger partial charge >= 0.3 is 6.18 Å². The molecule has 0 atom stereocenters. The maximum atomic E-state index is 12.8. The van der Waals surface area contributed by atoms with E-state index in [0.717, 1.165) is 6.42 Å². The molecule has 0 heterocycles. The van der Waals surface area contributed by atoms with Crippen molar-refractivity contribution in [3.8, 4) is 5.75 Å². The second-order valence-electron chi connectivity index (χ2n) is 6.81. The van der Waals surface area contributed by atoms with Crippen LogP contribution in [-0.2, 0) is 4.79 Å². The largest absolute Gasteiger partial charge is 0.495 e. The Kier molecular flexibility index (Phi) is 8.37. The summed E-state index contributed by atoms with van der Waals surface area (Å²) in [6, 6.07) is 4.93. The van der Waals surface area contributed by atoms with Gasteiger partial charge < -0.3 is 15.4 Å². The molecule has 0 fully saturated rings. The van der Waals surface area contributed by atoms with Gasteiger partial charge in [-0.2, -0.15) is 13.2 Å². The quantitative estimate of drug-likeness (QED) is 0.359. The number of methoxy groups -OCH3 is 1. The summed E-state index contributed by atoms with van der Waals surface area (Å²) in [5.41, 5.74) is -0.193. The molecule has 160 valence electrons. The molecule has 0 radical (unpaired) electrons. The van der Waals surface area contributed by atoms with Crippen molar-refractivity contribution in [3.63, 3.8) is 0 Å². The van der Waals surface area contributed by atoms with Gasteiger partial charge in [0.15, 0.2) is 0 Å². The summed E-state index contributed by atoms with van der Waals surface area (Å²) >= 11 is 5.93. The Hall–Kier alpha value is -2.22. The number of benzene rings is 1. The number of alkyl halides is 3. The number of halogens is 4. The number of carbonyl (C=O) groups excluding carboxylic acids is 1. The zero-order valence-electron chi connectivity index (χ0n) is 16.2. The van der Waals surface area contributed by atoms with Gasteiger partial charge in [-0.15, -0.1) is 0 Å². The van der Waals surface area contributed by atoms with Crippen molar-refractivity contribution in [2.75, 3.05) is 19.0 Å². The van der Waals surface area contributed by atoms with Crippen LogP contribution in [0.3, 0.4) is 0 Å². The van der Waals surface area contributed by atoms with Gasteiger partial charge in [0.1, 0.15) is 11.5 Å². The van der Waals surface area contributed by atoms with Crippen molar-refractivity contribution < 1.29 is 22.7 Å². The monoisotopic (exact) mass is 431 g/mol. The number of ether oxygens (including phenoxy) is 1. The lowest BCUT2D eigenvalue weighted by molar-refractivity contribution is -0.116. The summed E-state index contributed by atoms with van der Waals surface area (Å²) in [7, 11) is 1.50. The van der Waals surface area contributed by atoms with Gasteiger partial charge in [-0.1, -0.05) is 11.6 Å². The summed E-state index contributed by atoms with van der Waals surface area (Å²) in [5.74, 6) is 0.315. The van der Waals surface area contributed by atoms with Gasteiger partial charge in [0, 0.05) is 29.3 Å². The summed E-state index contributed by atoms with van der Waals surface area (Å²) in [5, 5.41) is 13.7. The van der Waals surface area contributed by atoms with E-state index in [1.807, 2.05) is 0 Å². The minimum Gasteiger partial charge on any atom is -0.495 e. The van der Waals surface area contributed by atoms with E-state index >= 15 is 0 Å². The molecule has 1 aromatic carbocycles. The SMILES string of the molecule is COc1ccc(Cl)cc1NC(=O)CCCCNC1=C(C(=N)C(F)(F)F)CCCC1. The maximum absolute atomic E-state index is 12.8. The topological polar surface area (TPSA) is 74.2 Å². The van der Waals surface area contributed by atoms with E-state index in [0.29, 0.717) is 54.4 Å². The van der Waals surface area contributed by atoms with Crippen molar-refractivity contribution in [3.05, 3.63) is 34.5 Å². The number of hydrogen-bond acceptors (Lipinski definition) is 4. The Morgan fingerprint density at radius 3 is 2.66 bits per heavy atom. The van der Waals surface area contributed by atoms with Crippen LogP contribution in [0.15, 0.2) is 29.5 Å². The zero-order valence-corrected chi connectivity index (χ0v) is 17.0. The Morgan fingerprint density at radius 1 is 1.24 bits per heavy atom. The average Bonchev–Trinajstić information content (AvgIpc) is 2.67. The Morgan fingerprint density at radius 2 is 1.97 bits per heavy atom. The predicted octanol–water partition coefficient (Wildman–Crippen LogP) is 5.46. The first kappa shape index (κ1) is 23.1. The number of anilines is 1. The molecule has 0 aliphatic heterocycles. The van der Waals surface area contributed by atoms with Crippen molar-refractivity contribution in [2.45, 2.75) is 51.1 Å². The van der Waals surface area contributed by atoms with Crippen LogP contribution in [0.5, 0.6) is 5.75 Å². The number of hydrogen-bond donors (Lipinski definition) is 3. The number of allylic oxidation sites excluding steroid dienone is 2. The highest BCUT2D eigenvalue weighted by Crippen LogP contribution is 2.30. The molecule has 1 aliphatic rings. The molecule has 0 bridgehead atoms. The van der Waals surface area contributed by atoms with Crippen LogP contribution in [0.2, 0.25) is 5.02 Å². The molecule has 3 N–H and O–H groups in total. The van der Waals surface area contributed by atoms with Crippen LogP contribution >= 0.6 is 11.6 Å². The van der Waals surface area contributed by atoms with Gasteiger partial charge in [-0.3, -0.25) is 10.2 Å². The first-order chi connectivity index (χ1) is 13.7. The molecule has 2 rings (SSSR count). The van der Waals surface area contributed by atoms with Gasteiger partial charge in [0.05, 0.1) is 12.8 Å². The minimum atomic E-state index is -4.63. The van der Waals surface area contributed by atoms with Crippen molar-refractivity contribution in [1.29, 1.82) is 5.41 Å². The Labute approximate surface area is 173 Å². The maximum Gasteiger partial charge on any atom is 0.432 e. The Bertz CT molecular complexity index is 779. The van der Waals surface area contributed by atoms with Crippen molar-refractivity contribution >= 4 is 28.9 Å². The lowest BCUT2D eigenvalue weighted by Gasteiger charge is -2.23. The van der Waals surface area contributed by atoms with Crippen LogP contribution in [-0.4, -0.2) is 31.4 Å². The van der Waals surface area contributed by atoms with Gasteiger partial charge in [-0.25, -0.2) is 0 Å². The summed E-state index contributed by atoms with van der Waals surface area (Å²) in [6.45, 7) is 0.456. The molecular formula is C20H25ClF3N3O2. The predicted molar refractivity (Wildman–Crippen MR) is 108 cm³/mol. The molecule has 29 heavy (non-hydrogen) atoms. The van der Waals surface area contributed by atoms with E-state index in [1.165, 1.54) is 7.11 Å². The highest BCUT2D eigenvalue weighted by Gasteiger charge is 2.38. The third-order valence-electron chi connectivity index (χ3n) is 4.66. The average molecular weight is 432 g/mol. The van der Waals surface area contributed by atoms with Crippen LogP contribution in [0.1, 0.15) is 44.9 Å². The molecule has 0 saturated carbocycles. The minimum absolute atomic E-state index is 0.0644. The molecule has 0 aromatic heterocycles. The third kappa shape index (κ3) is 6.96. The second-order valence-corrected chi connectivity index (χ2v) is 7.25. The third-order valence-corrected chi connectivity index (χ3v) is 4.89. The first-order valence-electron chi connectivity index (χ1n) is 9.47. The molecule has 1 aromatic rings. The zero-order chi connectivity index (χ0) is 21.4. The van der Waals surface area contributed by atoms with E-state index in [-0.39, 0.29) is 24.3 Å². The standard InChI is InChI=1S/C20H25ClF3N3O2/c1-29-17-10-9-13(21)12-16(17)27-18(28)8-4-5-11-26-15-7-3-2-6-14(15)19(25)20(22,23)24/h9-10,12,25-26H,2-8,11H2,1H3,(H,27,28). The van der Waals surface area contributed by atoms with Gasteiger partial charge in [-0.05, 0) is 56.7 Å². The number of unbranched alkanes of at least 4 members (excludes halogenated alkanes) is 1. The fourth-order valence-corrected chi connectivity index (χ4v) is 3.36. The van der Waals surface area contributed by atoms with Gasteiger partial charge in [0.25, 0.3) is 0 Å². The van der Waals surface area contributed by atoms with Crippen LogP contribution in [0.25, 0.3) is 0 Å². The second kappa shape index (κ2) is 10.5. The molecule has 5 nitrogen and oxygen atoms in total. The molecule has 9 heteroatoms. The van der Waals surface area contributed by atoms with E-state index in [9.17, 15) is 18.0 Å². The summed E-state index contributed by atoms with van der Waals surface area (Å²) in [4.78, 5) is 12.1. The van der Waals surface area contributed by atoms with Crippen LogP contribution in [0, 0.1) is 5.41 Å². The molecule has 0 saturated heterocycles. The summed E-state index contributed by atoms with van der Waals surface area (Å²) < 4.78 is 43.7. The van der Waals surface area contributed by atoms with Crippen molar-refractivity contribution in [1.82, 2.24) is 5.32 Å². The van der Waals surface area contributed by atoms with E-state index in [4.69, 9.17) is 21.7 Å². The number of carbonyl (C=O) groups is 1. The lowest BCUT2D eigenvalue weighted by atomic mass is 9.92. The molecule has 1 aliphatic carbocycles. The highest BCUT2D eigenvalue weighted by atomic mass is 35.5. The van der Waals surface area contributed by atoms with E-state index < -0.39 is 11.9 Å². The number of amides is 1. The number of rotatable bonds is 9. The normalized spacial score (nSPS) is 14.5. The van der Waals surface area contributed by atoms with Gasteiger partial charge in [0.2, 0.25) is 5.91 Å². The van der Waals surface area contributed by atoms with Crippen LogP contribution < -0.4 is 15.4 Å². The Balaban J connectivity index is 1.80. The number of nitrogens with one attached hydrogen (secondary N) is 3. The smallest absolute Gasteiger partial charge is 0.432 e. The molecule has 0 spiro atoms. The van der Waals surface area contributed by atoms with E-state index in [1.54, 1.807) is 18.2 Å². The fraction of sp³-hybridized carbons (Fsp3) is 0.500. The molecule has 1 amide bonds. The van der Waals surface area contributed by atoms with E-state index in [2.05, 4.69) is 10.6 Å². The fourth-order valence-electron chi connectivity index (χ4n) is 3.19. The first-order valence-corrected chi connectivity index (χ1v) is 9.85. The summed E-state index contributed by atoms with van der Waals surface area (Å²) in [6.07, 6.45) is -0.918. The van der Waals surface area contributed by atoms with Crippen molar-refractivity contribution in [2.24, 2.45) is 0 Å². The molecule has 0 unspecified atom stereocenters. The molecular weight excluding hydrogens is 407 g/mol.